The molecule has 7 atom stereocenters. The third-order valence-corrected chi connectivity index (χ3v) is 9.40. The number of fused-ring (bicyclic) bond motifs is 1. The first kappa shape index (κ1) is 25.2. The summed E-state index contributed by atoms with van der Waals surface area (Å²) in [6.07, 6.45) is 6.10. The van der Waals surface area contributed by atoms with Gasteiger partial charge in [0.05, 0.1) is 30.1 Å². The molecule has 8 heteroatoms. The van der Waals surface area contributed by atoms with Crippen molar-refractivity contribution in [1.82, 2.24) is 15.5 Å². The van der Waals surface area contributed by atoms with Crippen molar-refractivity contribution in [2.24, 2.45) is 17.8 Å². The SMILES string of the molecule is CNC(=O)[C@@H]1[C@H]2C(=O)N([C@@H](CO)Cc3ccccc3)C(C(=O)NC3CCCCC3)C23CC(C)[C@@]1(C)O3. The van der Waals surface area contributed by atoms with Gasteiger partial charge in [0.1, 0.15) is 11.6 Å². The van der Waals surface area contributed by atoms with Crippen LogP contribution in [-0.2, 0) is 25.5 Å². The Morgan fingerprint density at radius 2 is 1.86 bits per heavy atom. The Morgan fingerprint density at radius 1 is 1.17 bits per heavy atom. The fourth-order valence-corrected chi connectivity index (χ4v) is 7.59. The molecular weight excluding hydrogens is 458 g/mol. The number of nitrogens with zero attached hydrogens (tertiary/aromatic N) is 1. The second kappa shape index (κ2) is 9.45. The van der Waals surface area contributed by atoms with Gasteiger partial charge in [0.25, 0.3) is 0 Å². The highest BCUT2D eigenvalue weighted by molar-refractivity contribution is 5.99. The Bertz CT molecular complexity index is 1010. The van der Waals surface area contributed by atoms with E-state index >= 15 is 0 Å². The molecule has 3 N–H and O–H groups in total. The van der Waals surface area contributed by atoms with Gasteiger partial charge >= 0.3 is 0 Å². The normalized spacial score (nSPS) is 36.6. The van der Waals surface area contributed by atoms with Crippen molar-refractivity contribution in [3.8, 4) is 0 Å². The van der Waals surface area contributed by atoms with Crippen LogP contribution in [0.5, 0.6) is 0 Å². The molecule has 36 heavy (non-hydrogen) atoms. The summed E-state index contributed by atoms with van der Waals surface area (Å²) in [7, 11) is 1.57. The maximum absolute atomic E-state index is 14.2. The van der Waals surface area contributed by atoms with Crippen molar-refractivity contribution in [1.29, 1.82) is 0 Å². The second-order valence-electron chi connectivity index (χ2n) is 11.4. The maximum atomic E-state index is 14.2. The largest absolute Gasteiger partial charge is 0.394 e. The van der Waals surface area contributed by atoms with E-state index in [0.29, 0.717) is 12.8 Å². The minimum absolute atomic E-state index is 0.00418. The number of hydrogen-bond acceptors (Lipinski definition) is 5. The highest BCUT2D eigenvalue weighted by Crippen LogP contribution is 2.65. The van der Waals surface area contributed by atoms with E-state index in [1.807, 2.05) is 44.2 Å². The maximum Gasteiger partial charge on any atom is 0.246 e. The Morgan fingerprint density at radius 3 is 2.50 bits per heavy atom. The van der Waals surface area contributed by atoms with Gasteiger partial charge in [-0.3, -0.25) is 14.4 Å². The van der Waals surface area contributed by atoms with Gasteiger partial charge in [-0.1, -0.05) is 56.5 Å². The third kappa shape index (κ3) is 3.76. The van der Waals surface area contributed by atoms with Crippen molar-refractivity contribution in [3.05, 3.63) is 35.9 Å². The lowest BCUT2D eigenvalue weighted by molar-refractivity contribution is -0.151. The molecule has 0 radical (unpaired) electrons. The summed E-state index contributed by atoms with van der Waals surface area (Å²) in [5.74, 6) is -2.18. The number of ether oxygens (including phenoxy) is 1. The molecule has 2 bridgehead atoms. The Balaban J connectivity index is 1.56. The van der Waals surface area contributed by atoms with Gasteiger partial charge in [-0.2, -0.15) is 0 Å². The Hall–Kier alpha value is -2.45. The second-order valence-corrected chi connectivity index (χ2v) is 11.4. The Kier molecular flexibility index (Phi) is 6.62. The molecule has 3 aliphatic heterocycles. The van der Waals surface area contributed by atoms with Crippen LogP contribution in [0.1, 0.15) is 57.9 Å². The number of benzene rings is 1. The lowest BCUT2D eigenvalue weighted by Crippen LogP contribution is -2.59. The lowest BCUT2D eigenvalue weighted by Gasteiger charge is -2.38. The number of aliphatic hydroxyl groups excluding tert-OH is 1. The van der Waals surface area contributed by atoms with Crippen LogP contribution in [0.4, 0.5) is 0 Å². The molecule has 4 aliphatic rings. The third-order valence-electron chi connectivity index (χ3n) is 9.40. The van der Waals surface area contributed by atoms with Gasteiger partial charge in [-0.05, 0) is 44.1 Å². The fourth-order valence-electron chi connectivity index (χ4n) is 7.59. The number of amides is 3. The van der Waals surface area contributed by atoms with E-state index < -0.39 is 35.1 Å². The standard InChI is InChI=1S/C28H39N3O5/c1-17-15-28-22(21(24(33)29-3)27(17,2)36-28)26(35)31(20(16-32)14-18-10-6-4-7-11-18)23(28)25(34)30-19-12-8-5-9-13-19/h4,6-7,10-11,17,19-23,32H,5,8-9,12-16H2,1-3H3,(H,29,33)(H,30,34)/t17?,20-,21+,22+,23?,27-,28?/m1/s1. The van der Waals surface area contributed by atoms with E-state index in [-0.39, 0.29) is 36.3 Å². The van der Waals surface area contributed by atoms with Crippen LogP contribution in [-0.4, -0.2) is 70.7 Å². The first-order chi connectivity index (χ1) is 17.3. The number of hydrogen-bond donors (Lipinski definition) is 3. The Labute approximate surface area is 213 Å². The van der Waals surface area contributed by atoms with E-state index in [9.17, 15) is 19.5 Å². The van der Waals surface area contributed by atoms with Gasteiger partial charge in [-0.15, -0.1) is 0 Å². The molecule has 5 rings (SSSR count). The van der Waals surface area contributed by atoms with Crippen LogP contribution in [0.3, 0.4) is 0 Å². The van der Waals surface area contributed by atoms with Crippen molar-refractivity contribution in [2.45, 2.75) is 88.1 Å². The molecule has 3 saturated heterocycles. The van der Waals surface area contributed by atoms with Crippen LogP contribution in [0.2, 0.25) is 0 Å². The van der Waals surface area contributed by atoms with Crippen LogP contribution in [0.15, 0.2) is 30.3 Å². The predicted molar refractivity (Wildman–Crippen MR) is 134 cm³/mol. The smallest absolute Gasteiger partial charge is 0.246 e. The molecule has 8 nitrogen and oxygen atoms in total. The topological polar surface area (TPSA) is 108 Å². The van der Waals surface area contributed by atoms with Gasteiger partial charge in [0.15, 0.2) is 0 Å². The summed E-state index contributed by atoms with van der Waals surface area (Å²) in [6, 6.07) is 8.26. The average molecular weight is 498 g/mol. The molecule has 1 aromatic carbocycles. The summed E-state index contributed by atoms with van der Waals surface area (Å²) in [6.45, 7) is 3.66. The number of nitrogens with one attached hydrogen (secondary N) is 2. The average Bonchev–Trinajstić information content (AvgIpc) is 3.40. The summed E-state index contributed by atoms with van der Waals surface area (Å²) < 4.78 is 6.72. The molecule has 1 aliphatic carbocycles. The number of carbonyl (C=O) groups excluding carboxylic acids is 3. The van der Waals surface area contributed by atoms with Crippen LogP contribution in [0, 0.1) is 17.8 Å². The van der Waals surface area contributed by atoms with E-state index in [2.05, 4.69) is 10.6 Å². The molecule has 196 valence electrons. The molecule has 3 heterocycles. The van der Waals surface area contributed by atoms with Crippen molar-refractivity contribution in [2.75, 3.05) is 13.7 Å². The molecule has 0 aromatic heterocycles. The van der Waals surface area contributed by atoms with Gasteiger partial charge in [0, 0.05) is 13.1 Å². The van der Waals surface area contributed by atoms with E-state index in [0.717, 1.165) is 31.2 Å². The number of rotatable bonds is 7. The zero-order chi connectivity index (χ0) is 25.7. The van der Waals surface area contributed by atoms with Crippen molar-refractivity contribution in [3.63, 3.8) is 0 Å². The van der Waals surface area contributed by atoms with Crippen LogP contribution in [0.25, 0.3) is 0 Å². The first-order valence-electron chi connectivity index (χ1n) is 13.5. The number of aliphatic hydroxyl groups is 1. The van der Waals surface area contributed by atoms with Crippen LogP contribution < -0.4 is 10.6 Å². The van der Waals surface area contributed by atoms with Gasteiger partial charge in [0.2, 0.25) is 17.7 Å². The van der Waals surface area contributed by atoms with Crippen molar-refractivity contribution >= 4 is 17.7 Å². The van der Waals surface area contributed by atoms with Crippen molar-refractivity contribution < 1.29 is 24.2 Å². The quantitative estimate of drug-likeness (QED) is 0.533. The summed E-state index contributed by atoms with van der Waals surface area (Å²) in [5, 5.41) is 16.5. The summed E-state index contributed by atoms with van der Waals surface area (Å²) in [5.41, 5.74) is -0.950. The van der Waals surface area contributed by atoms with E-state index in [1.165, 1.54) is 6.42 Å². The van der Waals surface area contributed by atoms with E-state index in [4.69, 9.17) is 4.74 Å². The molecule has 3 amide bonds. The van der Waals surface area contributed by atoms with E-state index in [1.54, 1.807) is 11.9 Å². The molecule has 1 spiro atoms. The summed E-state index contributed by atoms with van der Waals surface area (Å²) in [4.78, 5) is 43.0. The monoisotopic (exact) mass is 497 g/mol. The summed E-state index contributed by atoms with van der Waals surface area (Å²) >= 11 is 0. The molecular formula is C28H39N3O5. The van der Waals surface area contributed by atoms with Gasteiger partial charge < -0.3 is 25.4 Å². The minimum Gasteiger partial charge on any atom is -0.394 e. The molecule has 1 aromatic rings. The highest BCUT2D eigenvalue weighted by Gasteiger charge is 2.80. The number of carbonyl (C=O) groups is 3. The fraction of sp³-hybridized carbons (Fsp3) is 0.679. The highest BCUT2D eigenvalue weighted by atomic mass is 16.5. The van der Waals surface area contributed by atoms with Gasteiger partial charge in [-0.25, -0.2) is 0 Å². The number of likely N-dealkylation sites (tertiary alicyclic amines) is 1. The van der Waals surface area contributed by atoms with Crippen LogP contribution >= 0.6 is 0 Å². The zero-order valence-corrected chi connectivity index (χ0v) is 21.5. The first-order valence-corrected chi connectivity index (χ1v) is 13.5. The molecule has 4 fully saturated rings. The molecule has 3 unspecified atom stereocenters. The lowest BCUT2D eigenvalue weighted by atomic mass is 9.62. The minimum atomic E-state index is -1.09. The predicted octanol–water partition coefficient (Wildman–Crippen LogP) is 1.80. The zero-order valence-electron chi connectivity index (χ0n) is 21.5. The molecule has 1 saturated carbocycles.